The maximum absolute atomic E-state index is 11.1. The van der Waals surface area contributed by atoms with Crippen molar-refractivity contribution in [2.24, 2.45) is 0 Å². The smallest absolute Gasteiger partial charge is 0.343 e. The molecule has 0 saturated carbocycles. The summed E-state index contributed by atoms with van der Waals surface area (Å²) >= 11 is 0. The summed E-state index contributed by atoms with van der Waals surface area (Å²) in [5.41, 5.74) is 4.61. The molecular weight excluding hydrogens is 404 g/mol. The standard InChI is InChI=1S/C14H20O3.C13H20O2/c1-10-6-7-11(14(2,3)4)12(8-10)17-9-13(15)16-5;1-10-5-6-11(13(2,3)4)12(9-10)15-8-7-14/h6-8H,9H2,1-5H3;5-6,9,14H,7-8H2,1-4H3. The van der Waals surface area contributed by atoms with E-state index in [0.29, 0.717) is 6.61 Å². The normalized spacial score (nSPS) is 11.3. The molecule has 2 rings (SSSR count). The van der Waals surface area contributed by atoms with Gasteiger partial charge in [-0.3, -0.25) is 0 Å². The molecule has 0 aliphatic carbocycles. The largest absolute Gasteiger partial charge is 0.491 e. The van der Waals surface area contributed by atoms with Crippen molar-refractivity contribution in [2.75, 3.05) is 26.9 Å². The first kappa shape index (κ1) is 27.5. The molecule has 0 aliphatic heterocycles. The highest BCUT2D eigenvalue weighted by atomic mass is 16.6. The zero-order valence-electron chi connectivity index (χ0n) is 21.2. The summed E-state index contributed by atoms with van der Waals surface area (Å²) in [6.07, 6.45) is 0. The van der Waals surface area contributed by atoms with E-state index in [0.717, 1.165) is 22.6 Å². The Balaban J connectivity index is 0.000000323. The van der Waals surface area contributed by atoms with Crippen molar-refractivity contribution in [3.63, 3.8) is 0 Å². The predicted molar refractivity (Wildman–Crippen MR) is 130 cm³/mol. The van der Waals surface area contributed by atoms with Gasteiger partial charge in [-0.05, 0) is 59.1 Å². The van der Waals surface area contributed by atoms with E-state index in [9.17, 15) is 4.79 Å². The van der Waals surface area contributed by atoms with Crippen LogP contribution in [0.15, 0.2) is 36.4 Å². The quantitative estimate of drug-likeness (QED) is 0.595. The lowest BCUT2D eigenvalue weighted by Gasteiger charge is -2.23. The van der Waals surface area contributed by atoms with Crippen molar-refractivity contribution in [1.29, 1.82) is 0 Å². The molecule has 0 spiro atoms. The molecule has 0 aromatic heterocycles. The fourth-order valence-electron chi connectivity index (χ4n) is 3.09. The number of hydrogen-bond donors (Lipinski definition) is 1. The number of aliphatic hydroxyl groups is 1. The Labute approximate surface area is 193 Å². The second-order valence-corrected chi connectivity index (χ2v) is 9.94. The molecule has 178 valence electrons. The van der Waals surface area contributed by atoms with E-state index < -0.39 is 0 Å². The molecule has 2 aromatic carbocycles. The molecule has 1 N–H and O–H groups in total. The summed E-state index contributed by atoms with van der Waals surface area (Å²) in [4.78, 5) is 11.1. The monoisotopic (exact) mass is 444 g/mol. The van der Waals surface area contributed by atoms with Crippen LogP contribution in [0.25, 0.3) is 0 Å². The van der Waals surface area contributed by atoms with Gasteiger partial charge in [0.1, 0.15) is 18.1 Å². The third-order valence-corrected chi connectivity index (χ3v) is 4.81. The fraction of sp³-hybridized carbons (Fsp3) is 0.519. The van der Waals surface area contributed by atoms with Crippen molar-refractivity contribution in [3.05, 3.63) is 58.7 Å². The lowest BCUT2D eigenvalue weighted by atomic mass is 9.86. The highest BCUT2D eigenvalue weighted by Crippen LogP contribution is 2.33. The first-order valence-corrected chi connectivity index (χ1v) is 10.9. The van der Waals surface area contributed by atoms with Gasteiger partial charge in [-0.15, -0.1) is 0 Å². The number of aryl methyl sites for hydroxylation is 2. The third kappa shape index (κ3) is 8.91. The average molecular weight is 445 g/mol. The number of rotatable bonds is 6. The number of benzene rings is 2. The first-order chi connectivity index (χ1) is 14.8. The first-order valence-electron chi connectivity index (χ1n) is 10.9. The second kappa shape index (κ2) is 11.9. The van der Waals surface area contributed by atoms with Crippen molar-refractivity contribution in [2.45, 2.75) is 66.2 Å². The Hall–Kier alpha value is -2.53. The minimum Gasteiger partial charge on any atom is -0.491 e. The highest BCUT2D eigenvalue weighted by molar-refractivity contribution is 5.71. The van der Waals surface area contributed by atoms with E-state index in [2.05, 4.69) is 58.4 Å². The van der Waals surface area contributed by atoms with Crippen LogP contribution in [0.5, 0.6) is 11.5 Å². The molecule has 0 unspecified atom stereocenters. The Kier molecular flexibility index (Phi) is 10.2. The maximum atomic E-state index is 11.1. The number of ether oxygens (including phenoxy) is 3. The summed E-state index contributed by atoms with van der Waals surface area (Å²) in [5.74, 6) is 1.27. The minimum atomic E-state index is -0.369. The van der Waals surface area contributed by atoms with Gasteiger partial charge in [0.05, 0.1) is 13.7 Å². The molecule has 0 radical (unpaired) electrons. The second-order valence-electron chi connectivity index (χ2n) is 9.94. The highest BCUT2D eigenvalue weighted by Gasteiger charge is 2.20. The number of methoxy groups -OCH3 is 1. The van der Waals surface area contributed by atoms with Gasteiger partial charge in [0.2, 0.25) is 0 Å². The molecule has 5 heteroatoms. The maximum Gasteiger partial charge on any atom is 0.343 e. The third-order valence-electron chi connectivity index (χ3n) is 4.81. The van der Waals surface area contributed by atoms with Crippen LogP contribution < -0.4 is 9.47 Å². The van der Waals surface area contributed by atoms with Crippen molar-refractivity contribution < 1.29 is 24.1 Å². The van der Waals surface area contributed by atoms with E-state index in [1.165, 1.54) is 18.2 Å². The number of hydrogen-bond acceptors (Lipinski definition) is 5. The van der Waals surface area contributed by atoms with Crippen LogP contribution in [0.3, 0.4) is 0 Å². The van der Waals surface area contributed by atoms with Gasteiger partial charge < -0.3 is 19.3 Å². The van der Waals surface area contributed by atoms with Crippen LogP contribution in [0.2, 0.25) is 0 Å². The van der Waals surface area contributed by atoms with Gasteiger partial charge in [-0.2, -0.15) is 0 Å². The lowest BCUT2D eigenvalue weighted by molar-refractivity contribution is -0.142. The average Bonchev–Trinajstić information content (AvgIpc) is 2.69. The molecule has 0 fully saturated rings. The topological polar surface area (TPSA) is 65.0 Å². The minimum absolute atomic E-state index is 0.0147. The number of carbonyl (C=O) groups excluding carboxylic acids is 1. The Morgan fingerprint density at radius 3 is 1.62 bits per heavy atom. The Bertz CT molecular complexity index is 873. The lowest BCUT2D eigenvalue weighted by Crippen LogP contribution is -2.17. The van der Waals surface area contributed by atoms with Crippen LogP contribution in [0, 0.1) is 13.8 Å². The van der Waals surface area contributed by atoms with Gasteiger partial charge in [-0.1, -0.05) is 65.8 Å². The van der Waals surface area contributed by atoms with Crippen molar-refractivity contribution >= 4 is 5.97 Å². The summed E-state index contributed by atoms with van der Waals surface area (Å²) in [6.45, 7) is 17.2. The molecular formula is C27H40O5. The SMILES string of the molecule is COC(=O)COc1cc(C)ccc1C(C)(C)C.Cc1ccc(C(C)(C)C)c(OCCO)c1. The molecule has 0 atom stereocenters. The summed E-state index contributed by atoms with van der Waals surface area (Å²) < 4.78 is 15.6. The summed E-state index contributed by atoms with van der Waals surface area (Å²) in [5, 5.41) is 8.77. The van der Waals surface area contributed by atoms with E-state index in [4.69, 9.17) is 14.6 Å². The van der Waals surface area contributed by atoms with E-state index in [1.807, 2.05) is 38.1 Å². The Morgan fingerprint density at radius 1 is 0.812 bits per heavy atom. The van der Waals surface area contributed by atoms with Crippen LogP contribution in [-0.2, 0) is 20.4 Å². The predicted octanol–water partition coefficient (Wildman–Crippen LogP) is 5.51. The summed E-state index contributed by atoms with van der Waals surface area (Å²) in [6, 6.07) is 12.3. The van der Waals surface area contributed by atoms with E-state index >= 15 is 0 Å². The van der Waals surface area contributed by atoms with Gasteiger partial charge in [0, 0.05) is 0 Å². The molecule has 0 aliphatic rings. The fourth-order valence-corrected chi connectivity index (χ4v) is 3.09. The van der Waals surface area contributed by atoms with E-state index in [-0.39, 0.29) is 30.0 Å². The van der Waals surface area contributed by atoms with Crippen LogP contribution in [0.4, 0.5) is 0 Å². The van der Waals surface area contributed by atoms with Gasteiger partial charge in [0.15, 0.2) is 6.61 Å². The summed E-state index contributed by atoms with van der Waals surface area (Å²) in [7, 11) is 1.35. The zero-order chi connectivity index (χ0) is 24.5. The van der Waals surface area contributed by atoms with Gasteiger partial charge in [-0.25, -0.2) is 4.79 Å². The van der Waals surface area contributed by atoms with Crippen molar-refractivity contribution in [3.8, 4) is 11.5 Å². The molecule has 0 bridgehead atoms. The molecule has 5 nitrogen and oxygen atoms in total. The molecule has 2 aromatic rings. The number of aliphatic hydroxyl groups excluding tert-OH is 1. The Morgan fingerprint density at radius 2 is 1.25 bits per heavy atom. The molecule has 0 heterocycles. The van der Waals surface area contributed by atoms with E-state index in [1.54, 1.807) is 0 Å². The molecule has 32 heavy (non-hydrogen) atoms. The van der Waals surface area contributed by atoms with Crippen LogP contribution in [-0.4, -0.2) is 38.0 Å². The molecule has 0 saturated heterocycles. The number of esters is 1. The molecule has 0 amide bonds. The van der Waals surface area contributed by atoms with Gasteiger partial charge >= 0.3 is 5.97 Å². The van der Waals surface area contributed by atoms with Crippen LogP contribution >= 0.6 is 0 Å². The van der Waals surface area contributed by atoms with Gasteiger partial charge in [0.25, 0.3) is 0 Å². The van der Waals surface area contributed by atoms with Crippen molar-refractivity contribution in [1.82, 2.24) is 0 Å². The number of carbonyl (C=O) groups is 1. The van der Waals surface area contributed by atoms with Crippen LogP contribution in [0.1, 0.15) is 63.8 Å². The zero-order valence-corrected chi connectivity index (χ0v) is 21.2.